The van der Waals surface area contributed by atoms with Crippen LogP contribution in [0.15, 0.2) is 33.9 Å². The normalized spacial score (nSPS) is 19.1. The quantitative estimate of drug-likeness (QED) is 0.919. The Bertz CT molecular complexity index is 395. The summed E-state index contributed by atoms with van der Waals surface area (Å²) in [4.78, 5) is 5.10. The molecule has 1 unspecified atom stereocenters. The van der Waals surface area contributed by atoms with Crippen molar-refractivity contribution >= 4 is 21.6 Å². The molecule has 16 heavy (non-hydrogen) atoms. The van der Waals surface area contributed by atoms with Crippen LogP contribution in [0.1, 0.15) is 6.42 Å². The van der Waals surface area contributed by atoms with E-state index >= 15 is 0 Å². The lowest BCUT2D eigenvalue weighted by atomic mass is 10.2. The molecular formula is C11H13BrN2O2. The van der Waals surface area contributed by atoms with Crippen molar-refractivity contribution in [3.8, 4) is 5.75 Å². The zero-order chi connectivity index (χ0) is 11.4. The molecule has 0 saturated carbocycles. The van der Waals surface area contributed by atoms with E-state index in [0.29, 0.717) is 13.2 Å². The number of halogens is 1. The molecule has 0 bridgehead atoms. The first-order valence-electron chi connectivity index (χ1n) is 5.08. The van der Waals surface area contributed by atoms with Gasteiger partial charge < -0.3 is 15.3 Å². The molecule has 86 valence electrons. The van der Waals surface area contributed by atoms with Crippen molar-refractivity contribution in [2.24, 2.45) is 10.9 Å². The number of ether oxygens (including phenoxy) is 1. The van der Waals surface area contributed by atoms with E-state index in [9.17, 15) is 0 Å². The van der Waals surface area contributed by atoms with Crippen LogP contribution >= 0.6 is 15.9 Å². The van der Waals surface area contributed by atoms with E-state index in [2.05, 4.69) is 21.1 Å². The molecule has 0 radical (unpaired) electrons. The lowest BCUT2D eigenvalue weighted by molar-refractivity contribution is 0.0918. The topological polar surface area (TPSA) is 56.8 Å². The predicted molar refractivity (Wildman–Crippen MR) is 65.6 cm³/mol. The van der Waals surface area contributed by atoms with Crippen molar-refractivity contribution < 1.29 is 9.57 Å². The van der Waals surface area contributed by atoms with Crippen LogP contribution in [-0.4, -0.2) is 25.0 Å². The highest BCUT2D eigenvalue weighted by Gasteiger charge is 2.19. The fraction of sp³-hybridized carbons (Fsp3) is 0.364. The van der Waals surface area contributed by atoms with E-state index in [1.807, 2.05) is 24.3 Å². The number of nitrogens with zero attached hydrogens (tertiary/aromatic N) is 1. The first-order valence-corrected chi connectivity index (χ1v) is 5.88. The SMILES string of the molecule is NCC1CC(COc2ccccc2Br)=NO1. The largest absolute Gasteiger partial charge is 0.486 e. The Labute approximate surface area is 103 Å². The van der Waals surface area contributed by atoms with Crippen LogP contribution in [0.25, 0.3) is 0 Å². The van der Waals surface area contributed by atoms with Gasteiger partial charge in [0.05, 0.1) is 10.2 Å². The highest BCUT2D eigenvalue weighted by molar-refractivity contribution is 9.10. The zero-order valence-electron chi connectivity index (χ0n) is 8.73. The average Bonchev–Trinajstić information content (AvgIpc) is 2.76. The summed E-state index contributed by atoms with van der Waals surface area (Å²) >= 11 is 3.42. The number of para-hydroxylation sites is 1. The van der Waals surface area contributed by atoms with E-state index in [0.717, 1.165) is 22.4 Å². The molecule has 1 aromatic carbocycles. The summed E-state index contributed by atoms with van der Waals surface area (Å²) in [5.74, 6) is 0.807. The van der Waals surface area contributed by atoms with Crippen LogP contribution < -0.4 is 10.5 Å². The lowest BCUT2D eigenvalue weighted by Gasteiger charge is -2.06. The first-order chi connectivity index (χ1) is 7.79. The Morgan fingerprint density at radius 3 is 3.00 bits per heavy atom. The average molecular weight is 285 g/mol. The molecule has 0 fully saturated rings. The van der Waals surface area contributed by atoms with E-state index < -0.39 is 0 Å². The zero-order valence-corrected chi connectivity index (χ0v) is 10.3. The van der Waals surface area contributed by atoms with E-state index in [1.165, 1.54) is 0 Å². The number of rotatable bonds is 4. The van der Waals surface area contributed by atoms with E-state index in [1.54, 1.807) is 0 Å². The van der Waals surface area contributed by atoms with Crippen molar-refractivity contribution in [2.75, 3.05) is 13.2 Å². The molecule has 0 spiro atoms. The molecule has 0 aromatic heterocycles. The molecular weight excluding hydrogens is 272 g/mol. The molecule has 2 N–H and O–H groups in total. The van der Waals surface area contributed by atoms with Crippen molar-refractivity contribution in [1.82, 2.24) is 0 Å². The lowest BCUT2D eigenvalue weighted by Crippen LogP contribution is -2.21. The molecule has 5 heteroatoms. The van der Waals surface area contributed by atoms with Gasteiger partial charge in [-0.3, -0.25) is 0 Å². The smallest absolute Gasteiger partial charge is 0.145 e. The molecule has 1 atom stereocenters. The second-order valence-corrected chi connectivity index (χ2v) is 4.40. The van der Waals surface area contributed by atoms with Gasteiger partial charge in [0.15, 0.2) is 0 Å². The maximum Gasteiger partial charge on any atom is 0.145 e. The molecule has 1 aromatic rings. The Morgan fingerprint density at radius 2 is 2.31 bits per heavy atom. The Morgan fingerprint density at radius 1 is 1.50 bits per heavy atom. The molecule has 1 aliphatic heterocycles. The second kappa shape index (κ2) is 5.32. The van der Waals surface area contributed by atoms with Gasteiger partial charge >= 0.3 is 0 Å². The molecule has 2 rings (SSSR count). The number of hydrogen-bond donors (Lipinski definition) is 1. The predicted octanol–water partition coefficient (Wildman–Crippen LogP) is 1.93. The van der Waals surface area contributed by atoms with Gasteiger partial charge in [-0.2, -0.15) is 0 Å². The van der Waals surface area contributed by atoms with Crippen LogP contribution in [0, 0.1) is 0 Å². The van der Waals surface area contributed by atoms with Crippen molar-refractivity contribution in [3.63, 3.8) is 0 Å². The fourth-order valence-electron chi connectivity index (χ4n) is 1.42. The van der Waals surface area contributed by atoms with Gasteiger partial charge in [0.25, 0.3) is 0 Å². The summed E-state index contributed by atoms with van der Waals surface area (Å²) < 4.78 is 6.55. The highest BCUT2D eigenvalue weighted by atomic mass is 79.9. The minimum atomic E-state index is 0.0119. The van der Waals surface area contributed by atoms with Crippen LogP contribution in [-0.2, 0) is 4.84 Å². The minimum Gasteiger partial charge on any atom is -0.486 e. The molecule has 1 heterocycles. The Kier molecular flexibility index (Phi) is 3.79. The number of oxime groups is 1. The molecule has 0 aliphatic carbocycles. The van der Waals surface area contributed by atoms with Gasteiger partial charge in [-0.1, -0.05) is 17.3 Å². The van der Waals surface area contributed by atoms with Crippen molar-refractivity contribution in [3.05, 3.63) is 28.7 Å². The van der Waals surface area contributed by atoms with Crippen LogP contribution in [0.4, 0.5) is 0 Å². The van der Waals surface area contributed by atoms with Crippen LogP contribution in [0.2, 0.25) is 0 Å². The minimum absolute atomic E-state index is 0.0119. The van der Waals surface area contributed by atoms with Gasteiger partial charge in [-0.25, -0.2) is 0 Å². The van der Waals surface area contributed by atoms with E-state index in [-0.39, 0.29) is 6.10 Å². The van der Waals surface area contributed by atoms with Gasteiger partial charge in [-0.15, -0.1) is 0 Å². The number of nitrogens with two attached hydrogens (primary N) is 1. The summed E-state index contributed by atoms with van der Waals surface area (Å²) in [5, 5.41) is 3.93. The number of hydrogen-bond acceptors (Lipinski definition) is 4. The van der Waals surface area contributed by atoms with Crippen LogP contribution in [0.5, 0.6) is 5.75 Å². The summed E-state index contributed by atoms with van der Waals surface area (Å²) in [5.41, 5.74) is 6.38. The van der Waals surface area contributed by atoms with Gasteiger partial charge in [0.2, 0.25) is 0 Å². The van der Waals surface area contributed by atoms with Crippen molar-refractivity contribution in [2.45, 2.75) is 12.5 Å². The molecule has 0 amide bonds. The van der Waals surface area contributed by atoms with Gasteiger partial charge in [0.1, 0.15) is 18.5 Å². The maximum absolute atomic E-state index is 5.62. The fourth-order valence-corrected chi connectivity index (χ4v) is 1.82. The standard InChI is InChI=1S/C11H13BrN2O2/c12-10-3-1-2-4-11(10)15-7-8-5-9(6-13)16-14-8/h1-4,9H,5-7,13H2. The summed E-state index contributed by atoms with van der Waals surface area (Å²) in [6.45, 7) is 0.932. The Balaban J connectivity index is 1.87. The van der Waals surface area contributed by atoms with Crippen molar-refractivity contribution in [1.29, 1.82) is 0 Å². The third-order valence-electron chi connectivity index (χ3n) is 2.29. The first kappa shape index (κ1) is 11.4. The highest BCUT2D eigenvalue weighted by Crippen LogP contribution is 2.24. The van der Waals surface area contributed by atoms with E-state index in [4.69, 9.17) is 15.3 Å². The van der Waals surface area contributed by atoms with Crippen LogP contribution in [0.3, 0.4) is 0 Å². The molecule has 1 aliphatic rings. The third-order valence-corrected chi connectivity index (χ3v) is 2.94. The number of benzene rings is 1. The van der Waals surface area contributed by atoms with Gasteiger partial charge in [0, 0.05) is 13.0 Å². The molecule has 4 nitrogen and oxygen atoms in total. The third kappa shape index (κ3) is 2.74. The monoisotopic (exact) mass is 284 g/mol. The molecule has 0 saturated heterocycles. The maximum atomic E-state index is 5.62. The summed E-state index contributed by atoms with van der Waals surface area (Å²) in [6, 6.07) is 7.71. The Hall–Kier alpha value is -1.07. The summed E-state index contributed by atoms with van der Waals surface area (Å²) in [7, 11) is 0. The van der Waals surface area contributed by atoms with Gasteiger partial charge in [-0.05, 0) is 28.1 Å². The second-order valence-electron chi connectivity index (χ2n) is 3.54. The summed E-state index contributed by atoms with van der Waals surface area (Å²) in [6.07, 6.45) is 0.763.